The van der Waals surface area contributed by atoms with E-state index in [4.69, 9.17) is 9.47 Å². The summed E-state index contributed by atoms with van der Waals surface area (Å²) in [5.74, 6) is 1.74. The van der Waals surface area contributed by atoms with Crippen LogP contribution in [0.25, 0.3) is 0 Å². The first-order chi connectivity index (χ1) is 13.8. The van der Waals surface area contributed by atoms with Gasteiger partial charge in [-0.1, -0.05) is 45.0 Å². The average Bonchev–Trinajstić information content (AvgIpc) is 3.13. The Labute approximate surface area is 171 Å². The third kappa shape index (κ3) is 4.59. The van der Waals surface area contributed by atoms with Crippen molar-refractivity contribution < 1.29 is 14.3 Å². The number of nitrogens with zero attached hydrogens (tertiary/aromatic N) is 2. The molecule has 6 heteroatoms. The number of methoxy groups -OCH3 is 2. The summed E-state index contributed by atoms with van der Waals surface area (Å²) >= 11 is 0. The van der Waals surface area contributed by atoms with Gasteiger partial charge in [-0.2, -0.15) is 5.10 Å². The molecule has 0 atom stereocenters. The molecule has 0 unspecified atom stereocenters. The number of nitrogens with one attached hydrogen (secondary N) is 1. The molecule has 1 heterocycles. The number of anilines is 1. The van der Waals surface area contributed by atoms with Crippen molar-refractivity contribution in [2.24, 2.45) is 0 Å². The fraction of sp³-hybridized carbons (Fsp3) is 0.304. The fourth-order valence-corrected chi connectivity index (χ4v) is 3.11. The maximum Gasteiger partial charge on any atom is 0.256 e. The summed E-state index contributed by atoms with van der Waals surface area (Å²) in [5.41, 5.74) is 2.73. The number of hydrogen-bond acceptors (Lipinski definition) is 4. The molecule has 0 saturated heterocycles. The molecule has 0 aliphatic rings. The molecular formula is C23H27N3O3. The number of carbonyl (C=O) groups is 1. The molecule has 0 radical (unpaired) electrons. The Morgan fingerprint density at radius 1 is 1.03 bits per heavy atom. The molecule has 0 saturated carbocycles. The van der Waals surface area contributed by atoms with E-state index in [2.05, 4.69) is 31.2 Å². The van der Waals surface area contributed by atoms with Crippen LogP contribution in [0.2, 0.25) is 0 Å². The van der Waals surface area contributed by atoms with E-state index in [1.54, 1.807) is 31.2 Å². The summed E-state index contributed by atoms with van der Waals surface area (Å²) in [6.07, 6.45) is 1.66. The number of ether oxygens (including phenoxy) is 2. The zero-order chi connectivity index (χ0) is 21.0. The van der Waals surface area contributed by atoms with Gasteiger partial charge in [-0.15, -0.1) is 0 Å². The molecule has 1 amide bonds. The van der Waals surface area contributed by atoms with Crippen LogP contribution in [-0.2, 0) is 12.0 Å². The first-order valence-corrected chi connectivity index (χ1v) is 9.47. The van der Waals surface area contributed by atoms with Crippen LogP contribution in [0.3, 0.4) is 0 Å². The molecule has 6 nitrogen and oxygen atoms in total. The Morgan fingerprint density at radius 3 is 2.38 bits per heavy atom. The van der Waals surface area contributed by atoms with Gasteiger partial charge in [0, 0.05) is 17.2 Å². The van der Waals surface area contributed by atoms with Gasteiger partial charge in [0.2, 0.25) is 0 Å². The predicted molar refractivity (Wildman–Crippen MR) is 114 cm³/mol. The number of aromatic nitrogens is 2. The van der Waals surface area contributed by atoms with Crippen molar-refractivity contribution in [3.8, 4) is 11.5 Å². The molecule has 1 aromatic heterocycles. The van der Waals surface area contributed by atoms with Crippen LogP contribution in [-0.4, -0.2) is 29.9 Å². The number of benzene rings is 2. The van der Waals surface area contributed by atoms with E-state index >= 15 is 0 Å². The van der Waals surface area contributed by atoms with Crippen LogP contribution >= 0.6 is 0 Å². The van der Waals surface area contributed by atoms with E-state index < -0.39 is 0 Å². The molecule has 3 aromatic rings. The minimum atomic E-state index is -0.176. The second kappa shape index (κ2) is 8.39. The Balaban J connectivity index is 1.78. The Hall–Kier alpha value is -3.28. The van der Waals surface area contributed by atoms with Gasteiger partial charge in [0.15, 0.2) is 11.5 Å². The molecular weight excluding hydrogens is 366 g/mol. The van der Waals surface area contributed by atoms with E-state index in [0.717, 1.165) is 5.56 Å². The predicted octanol–water partition coefficient (Wildman–Crippen LogP) is 4.50. The van der Waals surface area contributed by atoms with Crippen molar-refractivity contribution in [2.45, 2.75) is 32.7 Å². The number of rotatable bonds is 6. The maximum atomic E-state index is 12.7. The lowest BCUT2D eigenvalue weighted by atomic mass is 9.87. The van der Waals surface area contributed by atoms with Crippen LogP contribution in [0.5, 0.6) is 11.5 Å². The molecule has 0 aliphatic heterocycles. The van der Waals surface area contributed by atoms with Crippen molar-refractivity contribution in [1.82, 2.24) is 9.78 Å². The number of para-hydroxylation sites is 1. The van der Waals surface area contributed by atoms with E-state index in [-0.39, 0.29) is 11.3 Å². The summed E-state index contributed by atoms with van der Waals surface area (Å²) in [6.45, 7) is 6.88. The highest BCUT2D eigenvalue weighted by Crippen LogP contribution is 2.31. The molecule has 1 N–H and O–H groups in total. The van der Waals surface area contributed by atoms with Crippen LogP contribution in [0.1, 0.15) is 42.3 Å². The SMILES string of the molecule is COc1cccc(Cn2nccc2NC(=O)c2ccc(C(C)(C)C)cc2)c1OC. The molecule has 2 aromatic carbocycles. The standard InChI is InChI=1S/C23H27N3O3/c1-23(2,3)18-11-9-16(10-12-18)22(27)25-20-13-14-24-26(20)15-17-7-6-8-19(28-4)21(17)29-5/h6-14H,15H2,1-5H3,(H,25,27). The van der Waals surface area contributed by atoms with Crippen molar-refractivity contribution in [3.05, 3.63) is 71.4 Å². The highest BCUT2D eigenvalue weighted by Gasteiger charge is 2.16. The number of amides is 1. The quantitative estimate of drug-likeness (QED) is 0.670. The van der Waals surface area contributed by atoms with Gasteiger partial charge < -0.3 is 14.8 Å². The highest BCUT2D eigenvalue weighted by atomic mass is 16.5. The van der Waals surface area contributed by atoms with Gasteiger partial charge in [-0.05, 0) is 29.2 Å². The Morgan fingerprint density at radius 2 is 1.76 bits per heavy atom. The van der Waals surface area contributed by atoms with Crippen LogP contribution in [0, 0.1) is 0 Å². The van der Waals surface area contributed by atoms with Crippen molar-refractivity contribution >= 4 is 11.7 Å². The largest absolute Gasteiger partial charge is 0.493 e. The summed E-state index contributed by atoms with van der Waals surface area (Å²) in [5, 5.41) is 7.28. The molecule has 29 heavy (non-hydrogen) atoms. The van der Waals surface area contributed by atoms with Gasteiger partial charge in [-0.3, -0.25) is 4.79 Å². The lowest BCUT2D eigenvalue weighted by Crippen LogP contribution is -2.17. The lowest BCUT2D eigenvalue weighted by Gasteiger charge is -2.19. The number of hydrogen-bond donors (Lipinski definition) is 1. The minimum absolute atomic E-state index is 0.0451. The fourth-order valence-electron chi connectivity index (χ4n) is 3.11. The van der Waals surface area contributed by atoms with Crippen molar-refractivity contribution in [1.29, 1.82) is 0 Å². The zero-order valence-corrected chi connectivity index (χ0v) is 17.5. The molecule has 0 aliphatic carbocycles. The first-order valence-electron chi connectivity index (χ1n) is 9.47. The van der Waals surface area contributed by atoms with Gasteiger partial charge >= 0.3 is 0 Å². The maximum absolute atomic E-state index is 12.7. The molecule has 0 fully saturated rings. The minimum Gasteiger partial charge on any atom is -0.493 e. The monoisotopic (exact) mass is 393 g/mol. The summed E-state index contributed by atoms with van der Waals surface area (Å²) in [6, 6.07) is 15.1. The van der Waals surface area contributed by atoms with Gasteiger partial charge in [0.25, 0.3) is 5.91 Å². The van der Waals surface area contributed by atoms with Crippen LogP contribution in [0.4, 0.5) is 5.82 Å². The average molecular weight is 393 g/mol. The topological polar surface area (TPSA) is 65.4 Å². The van der Waals surface area contributed by atoms with Gasteiger partial charge in [-0.25, -0.2) is 4.68 Å². The van der Waals surface area contributed by atoms with Gasteiger partial charge in [0.1, 0.15) is 5.82 Å². The third-order valence-electron chi connectivity index (χ3n) is 4.78. The zero-order valence-electron chi connectivity index (χ0n) is 17.5. The Kier molecular flexibility index (Phi) is 5.92. The lowest BCUT2D eigenvalue weighted by molar-refractivity contribution is 0.102. The molecule has 3 rings (SSSR count). The van der Waals surface area contributed by atoms with Gasteiger partial charge in [0.05, 0.1) is 27.0 Å². The van der Waals surface area contributed by atoms with E-state index in [1.165, 1.54) is 5.56 Å². The number of carbonyl (C=O) groups excluding carboxylic acids is 1. The summed E-state index contributed by atoms with van der Waals surface area (Å²) in [7, 11) is 3.21. The normalized spacial score (nSPS) is 11.2. The Bertz CT molecular complexity index is 985. The first kappa shape index (κ1) is 20.5. The van der Waals surface area contributed by atoms with E-state index in [1.807, 2.05) is 42.5 Å². The third-order valence-corrected chi connectivity index (χ3v) is 4.78. The molecule has 0 spiro atoms. The molecule has 0 bridgehead atoms. The van der Waals surface area contributed by atoms with Crippen molar-refractivity contribution in [2.75, 3.05) is 19.5 Å². The van der Waals surface area contributed by atoms with Crippen molar-refractivity contribution in [3.63, 3.8) is 0 Å². The van der Waals surface area contributed by atoms with E-state index in [9.17, 15) is 4.79 Å². The molecule has 152 valence electrons. The second-order valence-corrected chi connectivity index (χ2v) is 7.81. The summed E-state index contributed by atoms with van der Waals surface area (Å²) < 4.78 is 12.6. The summed E-state index contributed by atoms with van der Waals surface area (Å²) in [4.78, 5) is 12.7. The van der Waals surface area contributed by atoms with Crippen LogP contribution in [0.15, 0.2) is 54.7 Å². The second-order valence-electron chi connectivity index (χ2n) is 7.81. The van der Waals surface area contributed by atoms with E-state index in [0.29, 0.717) is 29.4 Å². The smallest absolute Gasteiger partial charge is 0.256 e. The van der Waals surface area contributed by atoms with Crippen LogP contribution < -0.4 is 14.8 Å². The highest BCUT2D eigenvalue weighted by molar-refractivity contribution is 6.03.